The number of anilines is 1. The first-order chi connectivity index (χ1) is 12.7. The summed E-state index contributed by atoms with van der Waals surface area (Å²) in [5.74, 6) is -0.141. The van der Waals surface area contributed by atoms with Crippen LogP contribution in [0.3, 0.4) is 0 Å². The van der Waals surface area contributed by atoms with Gasteiger partial charge in [0.25, 0.3) is 5.91 Å². The Morgan fingerprint density at radius 2 is 2.08 bits per heavy atom. The van der Waals surface area contributed by atoms with Crippen molar-refractivity contribution in [1.29, 1.82) is 0 Å². The second kappa shape index (κ2) is 7.11. The third-order valence-electron chi connectivity index (χ3n) is 4.03. The van der Waals surface area contributed by atoms with Crippen LogP contribution in [0.2, 0.25) is 0 Å². The summed E-state index contributed by atoms with van der Waals surface area (Å²) in [7, 11) is 1.64. The zero-order valence-corrected chi connectivity index (χ0v) is 15.0. The number of ether oxygens (including phenoxy) is 1. The molecule has 0 radical (unpaired) electrons. The summed E-state index contributed by atoms with van der Waals surface area (Å²) in [5, 5.41) is 4.93. The van der Waals surface area contributed by atoms with Crippen molar-refractivity contribution in [2.75, 3.05) is 12.4 Å². The molecule has 0 saturated carbocycles. The first kappa shape index (κ1) is 16.5. The van der Waals surface area contributed by atoms with E-state index in [1.54, 1.807) is 24.5 Å². The van der Waals surface area contributed by atoms with E-state index >= 15 is 0 Å². The maximum absolute atomic E-state index is 12.4. The molecule has 0 saturated heterocycles. The number of nitrogens with one attached hydrogen (secondary N) is 1. The van der Waals surface area contributed by atoms with Crippen molar-refractivity contribution in [2.45, 2.75) is 6.61 Å². The molecule has 0 aliphatic carbocycles. The lowest BCUT2D eigenvalue weighted by Crippen LogP contribution is -2.12. The number of nitrogens with zero attached hydrogens (tertiary/aromatic N) is 2. The van der Waals surface area contributed by atoms with E-state index in [1.807, 2.05) is 64.6 Å². The summed E-state index contributed by atoms with van der Waals surface area (Å²) < 4.78 is 7.12. The highest BCUT2D eigenvalue weighted by Gasteiger charge is 2.08. The standard InChI is InChI=1S/C20H17N3O2S/c1-25-13-14-3-2-4-16(11-14)19(24)21-17-7-5-15(6-8-17)18-12-23-9-10-26-20(23)22-18/h2-12H,13H2,1H3,(H,21,24). The van der Waals surface area contributed by atoms with Gasteiger partial charge in [0.1, 0.15) is 0 Å². The van der Waals surface area contributed by atoms with Crippen molar-refractivity contribution >= 4 is 27.9 Å². The minimum atomic E-state index is -0.141. The van der Waals surface area contributed by atoms with Crippen LogP contribution in [0, 0.1) is 0 Å². The molecule has 0 atom stereocenters. The average Bonchev–Trinajstić information content (AvgIpc) is 3.25. The Bertz CT molecular complexity index is 1020. The van der Waals surface area contributed by atoms with Gasteiger partial charge < -0.3 is 10.1 Å². The lowest BCUT2D eigenvalue weighted by atomic mass is 10.1. The number of rotatable bonds is 5. The summed E-state index contributed by atoms with van der Waals surface area (Å²) in [5.41, 5.74) is 4.26. The first-order valence-electron chi connectivity index (χ1n) is 8.15. The fourth-order valence-corrected chi connectivity index (χ4v) is 3.46. The number of aromatic nitrogens is 2. The second-order valence-electron chi connectivity index (χ2n) is 5.88. The van der Waals surface area contributed by atoms with E-state index in [4.69, 9.17) is 4.74 Å². The Hall–Kier alpha value is -2.96. The smallest absolute Gasteiger partial charge is 0.255 e. The summed E-state index contributed by atoms with van der Waals surface area (Å²) in [6.45, 7) is 0.484. The van der Waals surface area contributed by atoms with Gasteiger partial charge in [0.05, 0.1) is 12.3 Å². The predicted octanol–water partition coefficient (Wildman–Crippen LogP) is 4.46. The zero-order valence-electron chi connectivity index (χ0n) is 14.2. The molecule has 0 unspecified atom stereocenters. The monoisotopic (exact) mass is 363 g/mol. The SMILES string of the molecule is COCc1cccc(C(=O)Nc2ccc(-c3cn4ccsc4n3)cc2)c1. The fraction of sp³-hybridized carbons (Fsp3) is 0.100. The largest absolute Gasteiger partial charge is 0.380 e. The molecular formula is C20H17N3O2S. The maximum Gasteiger partial charge on any atom is 0.255 e. The summed E-state index contributed by atoms with van der Waals surface area (Å²) in [6, 6.07) is 15.1. The van der Waals surface area contributed by atoms with Gasteiger partial charge in [0.15, 0.2) is 4.96 Å². The molecule has 1 N–H and O–H groups in total. The van der Waals surface area contributed by atoms with E-state index in [2.05, 4.69) is 10.3 Å². The lowest BCUT2D eigenvalue weighted by Gasteiger charge is -2.07. The highest BCUT2D eigenvalue weighted by atomic mass is 32.1. The van der Waals surface area contributed by atoms with Gasteiger partial charge in [0.2, 0.25) is 0 Å². The van der Waals surface area contributed by atoms with Gasteiger partial charge in [-0.05, 0) is 29.8 Å². The van der Waals surface area contributed by atoms with Crippen molar-refractivity contribution in [3.63, 3.8) is 0 Å². The first-order valence-corrected chi connectivity index (χ1v) is 9.03. The number of hydrogen-bond donors (Lipinski definition) is 1. The van der Waals surface area contributed by atoms with E-state index in [9.17, 15) is 4.79 Å². The number of carbonyl (C=O) groups is 1. The molecule has 0 aliphatic rings. The third kappa shape index (κ3) is 3.37. The van der Waals surface area contributed by atoms with Gasteiger partial charge in [0, 0.05) is 41.7 Å². The van der Waals surface area contributed by atoms with Gasteiger partial charge in [-0.15, -0.1) is 11.3 Å². The Labute approximate surface area is 154 Å². The van der Waals surface area contributed by atoms with Crippen LogP contribution >= 0.6 is 11.3 Å². The third-order valence-corrected chi connectivity index (χ3v) is 4.80. The molecule has 4 rings (SSSR count). The molecule has 2 aromatic carbocycles. The highest BCUT2D eigenvalue weighted by molar-refractivity contribution is 7.15. The molecule has 0 spiro atoms. The molecule has 2 heterocycles. The van der Waals surface area contributed by atoms with Crippen LogP contribution < -0.4 is 5.32 Å². The second-order valence-corrected chi connectivity index (χ2v) is 6.76. The topological polar surface area (TPSA) is 55.6 Å². The van der Waals surface area contributed by atoms with Crippen LogP contribution in [0.5, 0.6) is 0 Å². The Balaban J connectivity index is 1.49. The fourth-order valence-electron chi connectivity index (χ4n) is 2.76. The molecule has 6 heteroatoms. The van der Waals surface area contributed by atoms with Crippen LogP contribution in [0.15, 0.2) is 66.3 Å². The Morgan fingerprint density at radius 1 is 1.23 bits per heavy atom. The molecule has 2 aromatic heterocycles. The van der Waals surface area contributed by atoms with Crippen molar-refractivity contribution in [3.05, 3.63) is 77.4 Å². The van der Waals surface area contributed by atoms with Gasteiger partial charge in [-0.25, -0.2) is 4.98 Å². The molecule has 26 heavy (non-hydrogen) atoms. The number of methoxy groups -OCH3 is 1. The number of amides is 1. The number of benzene rings is 2. The molecule has 130 valence electrons. The number of carbonyl (C=O) groups excluding carboxylic acids is 1. The summed E-state index contributed by atoms with van der Waals surface area (Å²) in [6.07, 6.45) is 3.99. The minimum absolute atomic E-state index is 0.141. The van der Waals surface area contributed by atoms with Gasteiger partial charge in [-0.1, -0.05) is 24.3 Å². The molecule has 5 nitrogen and oxygen atoms in total. The van der Waals surface area contributed by atoms with Crippen LogP contribution in [0.25, 0.3) is 16.2 Å². The summed E-state index contributed by atoms with van der Waals surface area (Å²) >= 11 is 1.60. The van der Waals surface area contributed by atoms with E-state index in [0.717, 1.165) is 27.5 Å². The molecule has 0 bridgehead atoms. The van der Waals surface area contributed by atoms with Crippen molar-refractivity contribution in [2.24, 2.45) is 0 Å². The van der Waals surface area contributed by atoms with Crippen molar-refractivity contribution in [1.82, 2.24) is 9.38 Å². The molecular weight excluding hydrogens is 346 g/mol. The van der Waals surface area contributed by atoms with Crippen LogP contribution in [-0.4, -0.2) is 22.4 Å². The minimum Gasteiger partial charge on any atom is -0.380 e. The van der Waals surface area contributed by atoms with Crippen molar-refractivity contribution in [3.8, 4) is 11.3 Å². The van der Waals surface area contributed by atoms with Gasteiger partial charge in [-0.2, -0.15) is 0 Å². The quantitative estimate of drug-likeness (QED) is 0.569. The van der Waals surface area contributed by atoms with E-state index in [-0.39, 0.29) is 5.91 Å². The van der Waals surface area contributed by atoms with E-state index < -0.39 is 0 Å². The predicted molar refractivity (Wildman–Crippen MR) is 104 cm³/mol. The van der Waals surface area contributed by atoms with Crippen LogP contribution in [0.1, 0.15) is 15.9 Å². The van der Waals surface area contributed by atoms with E-state index in [1.165, 1.54) is 0 Å². The van der Waals surface area contributed by atoms with Crippen molar-refractivity contribution < 1.29 is 9.53 Å². The number of fused-ring (bicyclic) bond motifs is 1. The molecule has 1 amide bonds. The normalized spacial score (nSPS) is 11.0. The average molecular weight is 363 g/mol. The summed E-state index contributed by atoms with van der Waals surface area (Å²) in [4.78, 5) is 18.0. The molecule has 0 fully saturated rings. The Kier molecular flexibility index (Phi) is 4.51. The molecule has 0 aliphatic heterocycles. The highest BCUT2D eigenvalue weighted by Crippen LogP contribution is 2.23. The zero-order chi connectivity index (χ0) is 17.9. The van der Waals surface area contributed by atoms with E-state index in [0.29, 0.717) is 12.2 Å². The Morgan fingerprint density at radius 3 is 2.85 bits per heavy atom. The molecule has 4 aromatic rings. The maximum atomic E-state index is 12.4. The van der Waals surface area contributed by atoms with Gasteiger partial charge >= 0.3 is 0 Å². The van der Waals surface area contributed by atoms with Crippen LogP contribution in [-0.2, 0) is 11.3 Å². The number of imidazole rings is 1. The lowest BCUT2D eigenvalue weighted by molar-refractivity contribution is 0.102. The number of thiazole rings is 1. The number of hydrogen-bond acceptors (Lipinski definition) is 4. The van der Waals surface area contributed by atoms with Crippen LogP contribution in [0.4, 0.5) is 5.69 Å². The van der Waals surface area contributed by atoms with Gasteiger partial charge in [-0.3, -0.25) is 9.20 Å².